The van der Waals surface area contributed by atoms with E-state index in [1.54, 1.807) is 16.9 Å². The molecule has 0 radical (unpaired) electrons. The summed E-state index contributed by atoms with van der Waals surface area (Å²) in [5.41, 5.74) is 6.28. The summed E-state index contributed by atoms with van der Waals surface area (Å²) >= 11 is 0. The summed E-state index contributed by atoms with van der Waals surface area (Å²) in [6, 6.07) is 17.1. The molecule has 1 amide bonds. The first-order valence-corrected chi connectivity index (χ1v) is 9.95. The number of nitrogens with one attached hydrogen (secondary N) is 1. The fourth-order valence-corrected chi connectivity index (χ4v) is 3.49. The average molecular weight is 388 g/mol. The van der Waals surface area contributed by atoms with Crippen LogP contribution in [0.15, 0.2) is 59.7 Å². The Morgan fingerprint density at radius 1 is 1.17 bits per heavy atom. The van der Waals surface area contributed by atoms with Gasteiger partial charge in [-0.25, -0.2) is 5.43 Å². The van der Waals surface area contributed by atoms with Crippen LogP contribution in [0.25, 0.3) is 11.4 Å². The fraction of sp³-hybridized carbons (Fsp3) is 0.318. The van der Waals surface area contributed by atoms with Gasteiger partial charge in [-0.1, -0.05) is 49.4 Å². The normalized spacial score (nSPS) is 18.0. The first kappa shape index (κ1) is 19.0. The number of benzene rings is 2. The lowest BCUT2D eigenvalue weighted by Crippen LogP contribution is -2.22. The van der Waals surface area contributed by atoms with Gasteiger partial charge in [0.05, 0.1) is 6.54 Å². The molecule has 7 nitrogen and oxygen atoms in total. The molecule has 1 heterocycles. The number of amides is 1. The van der Waals surface area contributed by atoms with Crippen molar-refractivity contribution in [1.29, 1.82) is 0 Å². The van der Waals surface area contributed by atoms with Crippen LogP contribution >= 0.6 is 0 Å². The lowest BCUT2D eigenvalue weighted by molar-refractivity contribution is 0.0954. The van der Waals surface area contributed by atoms with E-state index in [9.17, 15) is 4.79 Å². The van der Waals surface area contributed by atoms with E-state index in [2.05, 4.69) is 32.9 Å². The minimum atomic E-state index is -0.187. The molecular formula is C22H24N6O. The van der Waals surface area contributed by atoms with Crippen LogP contribution in [0.5, 0.6) is 0 Å². The van der Waals surface area contributed by atoms with Crippen LogP contribution < -0.4 is 5.43 Å². The SMILES string of the molecule is CC1CCCC(=NNC(=O)c2ccc(Cn3nnc(-c4ccccc4)n3)cc2)C1. The van der Waals surface area contributed by atoms with Crippen LogP contribution in [0.2, 0.25) is 0 Å². The maximum atomic E-state index is 12.3. The van der Waals surface area contributed by atoms with Crippen molar-refractivity contribution in [3.63, 3.8) is 0 Å². The first-order valence-electron chi connectivity index (χ1n) is 9.95. The Bertz CT molecular complexity index is 994. The summed E-state index contributed by atoms with van der Waals surface area (Å²) in [5.74, 6) is 1.05. The maximum Gasteiger partial charge on any atom is 0.271 e. The Balaban J connectivity index is 1.36. The molecule has 0 bridgehead atoms. The molecule has 1 fully saturated rings. The van der Waals surface area contributed by atoms with Gasteiger partial charge in [-0.05, 0) is 54.5 Å². The Labute approximate surface area is 169 Å². The van der Waals surface area contributed by atoms with E-state index in [4.69, 9.17) is 0 Å². The molecule has 1 aliphatic rings. The smallest absolute Gasteiger partial charge is 0.267 e. The molecule has 4 rings (SSSR count). The van der Waals surface area contributed by atoms with Crippen molar-refractivity contribution >= 4 is 11.6 Å². The molecule has 1 N–H and O–H groups in total. The molecule has 2 aromatic carbocycles. The predicted octanol–water partition coefficient (Wildman–Crippen LogP) is 3.68. The van der Waals surface area contributed by atoms with E-state index in [1.165, 1.54) is 6.42 Å². The van der Waals surface area contributed by atoms with Crippen molar-refractivity contribution in [2.24, 2.45) is 11.0 Å². The summed E-state index contributed by atoms with van der Waals surface area (Å²) in [6.45, 7) is 2.71. The number of hydrazone groups is 1. The second-order valence-electron chi connectivity index (χ2n) is 7.53. The largest absolute Gasteiger partial charge is 0.271 e. The monoisotopic (exact) mass is 388 g/mol. The predicted molar refractivity (Wildman–Crippen MR) is 111 cm³/mol. The van der Waals surface area contributed by atoms with E-state index in [0.717, 1.165) is 36.1 Å². The number of aromatic nitrogens is 4. The summed E-state index contributed by atoms with van der Waals surface area (Å²) in [7, 11) is 0. The highest BCUT2D eigenvalue weighted by Crippen LogP contribution is 2.21. The van der Waals surface area contributed by atoms with Crippen LogP contribution in [0.4, 0.5) is 0 Å². The van der Waals surface area contributed by atoms with Crippen molar-refractivity contribution in [2.45, 2.75) is 39.2 Å². The van der Waals surface area contributed by atoms with E-state index < -0.39 is 0 Å². The highest BCUT2D eigenvalue weighted by atomic mass is 16.2. The number of tetrazole rings is 1. The summed E-state index contributed by atoms with van der Waals surface area (Å²) in [5, 5.41) is 17.0. The molecule has 7 heteroatoms. The van der Waals surface area contributed by atoms with Gasteiger partial charge in [0.2, 0.25) is 5.82 Å². The zero-order valence-corrected chi connectivity index (χ0v) is 16.5. The number of hydrogen-bond acceptors (Lipinski definition) is 5. The topological polar surface area (TPSA) is 85.1 Å². The van der Waals surface area contributed by atoms with Crippen molar-refractivity contribution in [3.05, 3.63) is 65.7 Å². The van der Waals surface area contributed by atoms with Crippen molar-refractivity contribution in [3.8, 4) is 11.4 Å². The lowest BCUT2D eigenvalue weighted by atomic mass is 9.89. The maximum absolute atomic E-state index is 12.3. The van der Waals surface area contributed by atoms with Crippen LogP contribution in [-0.4, -0.2) is 31.8 Å². The number of nitrogens with zero attached hydrogens (tertiary/aromatic N) is 5. The zero-order valence-electron chi connectivity index (χ0n) is 16.5. The molecule has 148 valence electrons. The van der Waals surface area contributed by atoms with Gasteiger partial charge < -0.3 is 0 Å². The van der Waals surface area contributed by atoms with E-state index in [0.29, 0.717) is 23.9 Å². The molecule has 0 saturated heterocycles. The Hall–Kier alpha value is -3.35. The molecule has 1 aliphatic carbocycles. The van der Waals surface area contributed by atoms with Crippen molar-refractivity contribution < 1.29 is 4.79 Å². The summed E-state index contributed by atoms with van der Waals surface area (Å²) < 4.78 is 0. The van der Waals surface area contributed by atoms with Gasteiger partial charge in [-0.3, -0.25) is 4.79 Å². The standard InChI is InChI=1S/C22H24N6O/c1-16-6-5-9-20(14-16)23-25-22(29)19-12-10-17(11-13-19)15-28-26-21(24-27-28)18-7-3-2-4-8-18/h2-4,7-8,10-13,16H,5-6,9,14-15H2,1H3,(H,25,29). The third-order valence-electron chi connectivity index (χ3n) is 5.09. The Morgan fingerprint density at radius 3 is 2.72 bits per heavy atom. The van der Waals surface area contributed by atoms with Crippen LogP contribution in [0, 0.1) is 5.92 Å². The summed E-state index contributed by atoms with van der Waals surface area (Å²) in [4.78, 5) is 13.9. The van der Waals surface area contributed by atoms with Crippen molar-refractivity contribution in [2.75, 3.05) is 0 Å². The highest BCUT2D eigenvalue weighted by Gasteiger charge is 2.14. The first-order chi connectivity index (χ1) is 14.2. The van der Waals surface area contributed by atoms with E-state index in [1.807, 2.05) is 42.5 Å². The second kappa shape index (κ2) is 8.77. The third kappa shape index (κ3) is 4.93. The molecule has 1 aromatic heterocycles. The Kier molecular flexibility index (Phi) is 5.74. The van der Waals surface area contributed by atoms with Crippen LogP contribution in [0.3, 0.4) is 0 Å². The van der Waals surface area contributed by atoms with Gasteiger partial charge in [0.25, 0.3) is 5.91 Å². The third-order valence-corrected chi connectivity index (χ3v) is 5.09. The zero-order chi connectivity index (χ0) is 20.1. The van der Waals surface area contributed by atoms with Gasteiger partial charge in [0, 0.05) is 16.8 Å². The van der Waals surface area contributed by atoms with Gasteiger partial charge in [-0.15, -0.1) is 10.2 Å². The average Bonchev–Trinajstić information content (AvgIpc) is 3.22. The van der Waals surface area contributed by atoms with E-state index >= 15 is 0 Å². The number of carbonyl (C=O) groups excluding carboxylic acids is 1. The minimum absolute atomic E-state index is 0.187. The minimum Gasteiger partial charge on any atom is -0.267 e. The van der Waals surface area contributed by atoms with Crippen molar-refractivity contribution in [1.82, 2.24) is 25.6 Å². The fourth-order valence-electron chi connectivity index (χ4n) is 3.49. The molecule has 0 aliphatic heterocycles. The van der Waals surface area contributed by atoms with Gasteiger partial charge in [0.15, 0.2) is 0 Å². The lowest BCUT2D eigenvalue weighted by Gasteiger charge is -2.18. The molecule has 1 atom stereocenters. The number of carbonyl (C=O) groups is 1. The number of rotatable bonds is 5. The Morgan fingerprint density at radius 2 is 1.97 bits per heavy atom. The molecule has 1 unspecified atom stereocenters. The highest BCUT2D eigenvalue weighted by molar-refractivity contribution is 5.95. The second-order valence-corrected chi connectivity index (χ2v) is 7.53. The molecule has 0 spiro atoms. The van der Waals surface area contributed by atoms with E-state index in [-0.39, 0.29) is 5.91 Å². The molecule has 3 aromatic rings. The van der Waals surface area contributed by atoms with Gasteiger partial charge in [0.1, 0.15) is 0 Å². The number of hydrogen-bond donors (Lipinski definition) is 1. The van der Waals surface area contributed by atoms with Crippen LogP contribution in [-0.2, 0) is 6.54 Å². The van der Waals surface area contributed by atoms with Crippen LogP contribution in [0.1, 0.15) is 48.5 Å². The summed E-state index contributed by atoms with van der Waals surface area (Å²) in [6.07, 6.45) is 4.32. The molecule has 29 heavy (non-hydrogen) atoms. The molecule has 1 saturated carbocycles. The van der Waals surface area contributed by atoms with Gasteiger partial charge >= 0.3 is 0 Å². The quantitative estimate of drug-likeness (QED) is 0.676. The van der Waals surface area contributed by atoms with Gasteiger partial charge in [-0.2, -0.15) is 9.90 Å². The molecular weight excluding hydrogens is 364 g/mol.